The summed E-state index contributed by atoms with van der Waals surface area (Å²) >= 11 is 0. The van der Waals surface area contributed by atoms with E-state index in [1.807, 2.05) is 0 Å². The van der Waals surface area contributed by atoms with Crippen LogP contribution in [-0.4, -0.2) is 13.6 Å². The summed E-state index contributed by atoms with van der Waals surface area (Å²) in [6, 6.07) is 0. The lowest BCUT2D eigenvalue weighted by Crippen LogP contribution is -2.32. The van der Waals surface area contributed by atoms with E-state index in [2.05, 4.69) is 26.2 Å². The summed E-state index contributed by atoms with van der Waals surface area (Å²) in [6.45, 7) is 6.22. The van der Waals surface area contributed by atoms with Crippen molar-refractivity contribution in [2.75, 3.05) is 13.6 Å². The van der Waals surface area contributed by atoms with Crippen molar-refractivity contribution in [1.29, 1.82) is 0 Å². The summed E-state index contributed by atoms with van der Waals surface area (Å²) in [7, 11) is 2.09. The molecular weight excluding hydrogens is 158 g/mol. The third kappa shape index (κ3) is 1.32. The van der Waals surface area contributed by atoms with Gasteiger partial charge in [-0.15, -0.1) is 0 Å². The first-order valence-electron chi connectivity index (χ1n) is 5.77. The van der Waals surface area contributed by atoms with Crippen LogP contribution in [0.15, 0.2) is 0 Å². The second-order valence-corrected chi connectivity index (χ2v) is 5.71. The molecule has 2 atom stereocenters. The molecule has 0 aromatic heterocycles. The van der Waals surface area contributed by atoms with E-state index in [1.54, 1.807) is 0 Å². The van der Waals surface area contributed by atoms with Gasteiger partial charge in [0, 0.05) is 0 Å². The predicted molar refractivity (Wildman–Crippen MR) is 56.7 cm³/mol. The Morgan fingerprint density at radius 1 is 1.23 bits per heavy atom. The van der Waals surface area contributed by atoms with E-state index in [1.165, 1.54) is 38.6 Å². The van der Waals surface area contributed by atoms with Gasteiger partial charge in [0.25, 0.3) is 0 Å². The van der Waals surface area contributed by atoms with Gasteiger partial charge in [0.2, 0.25) is 0 Å². The quantitative estimate of drug-likeness (QED) is 0.690. The molecule has 76 valence electrons. The second-order valence-electron chi connectivity index (χ2n) is 5.71. The molecule has 1 N–H and O–H groups in total. The Bertz CT molecular complexity index is 197. The van der Waals surface area contributed by atoms with Crippen molar-refractivity contribution in [1.82, 2.24) is 5.32 Å². The zero-order valence-electron chi connectivity index (χ0n) is 9.32. The minimum Gasteiger partial charge on any atom is -0.319 e. The van der Waals surface area contributed by atoms with E-state index in [0.717, 1.165) is 11.3 Å². The van der Waals surface area contributed by atoms with Gasteiger partial charge >= 0.3 is 0 Å². The molecule has 0 heterocycles. The molecule has 1 heteroatoms. The molecule has 0 saturated heterocycles. The minimum atomic E-state index is 0.618. The van der Waals surface area contributed by atoms with Crippen LogP contribution in [0, 0.1) is 16.7 Å². The average Bonchev–Trinajstić information content (AvgIpc) is 2.74. The normalized spacial score (nSPS) is 42.2. The maximum Gasteiger partial charge on any atom is -0.00178 e. The second kappa shape index (κ2) is 2.98. The van der Waals surface area contributed by atoms with Crippen LogP contribution in [-0.2, 0) is 0 Å². The molecule has 2 rings (SSSR count). The predicted octanol–water partition coefficient (Wildman–Crippen LogP) is 2.81. The van der Waals surface area contributed by atoms with Gasteiger partial charge in [0.1, 0.15) is 0 Å². The van der Waals surface area contributed by atoms with Crippen LogP contribution in [0.4, 0.5) is 0 Å². The highest BCUT2D eigenvalue weighted by Crippen LogP contribution is 2.69. The number of rotatable bonds is 2. The van der Waals surface area contributed by atoms with Crippen molar-refractivity contribution in [3.63, 3.8) is 0 Å². The van der Waals surface area contributed by atoms with Gasteiger partial charge in [-0.05, 0) is 49.6 Å². The maximum absolute atomic E-state index is 3.34. The summed E-state index contributed by atoms with van der Waals surface area (Å²) < 4.78 is 0. The third-order valence-corrected chi connectivity index (χ3v) is 4.71. The van der Waals surface area contributed by atoms with Crippen molar-refractivity contribution in [3.8, 4) is 0 Å². The monoisotopic (exact) mass is 181 g/mol. The fourth-order valence-electron chi connectivity index (χ4n) is 3.62. The lowest BCUT2D eigenvalue weighted by atomic mass is 9.65. The molecule has 2 saturated carbocycles. The van der Waals surface area contributed by atoms with Crippen LogP contribution >= 0.6 is 0 Å². The van der Waals surface area contributed by atoms with Gasteiger partial charge in [0.15, 0.2) is 0 Å². The molecule has 0 aromatic carbocycles. The van der Waals surface area contributed by atoms with E-state index in [-0.39, 0.29) is 0 Å². The summed E-state index contributed by atoms with van der Waals surface area (Å²) in [6.07, 6.45) is 7.37. The van der Waals surface area contributed by atoms with Crippen molar-refractivity contribution < 1.29 is 0 Å². The molecule has 1 spiro atoms. The summed E-state index contributed by atoms with van der Waals surface area (Å²) in [5.74, 6) is 0.979. The number of nitrogens with one attached hydrogen (secondary N) is 1. The van der Waals surface area contributed by atoms with Gasteiger partial charge in [0.05, 0.1) is 0 Å². The molecule has 0 amide bonds. The molecule has 1 nitrogen and oxygen atoms in total. The molecule has 2 aliphatic rings. The van der Waals surface area contributed by atoms with Crippen molar-refractivity contribution >= 4 is 0 Å². The lowest BCUT2D eigenvalue weighted by Gasteiger charge is -2.40. The fraction of sp³-hybridized carbons (Fsp3) is 1.00. The number of hydrogen-bond acceptors (Lipinski definition) is 1. The van der Waals surface area contributed by atoms with Gasteiger partial charge in [-0.2, -0.15) is 0 Å². The molecule has 2 unspecified atom stereocenters. The van der Waals surface area contributed by atoms with Gasteiger partial charge in [-0.3, -0.25) is 0 Å². The summed E-state index contributed by atoms with van der Waals surface area (Å²) in [4.78, 5) is 0. The van der Waals surface area contributed by atoms with Gasteiger partial charge < -0.3 is 5.32 Å². The first kappa shape index (κ1) is 9.51. The van der Waals surface area contributed by atoms with Crippen LogP contribution in [0.5, 0.6) is 0 Å². The standard InChI is InChI=1S/C12H23N/c1-11(2)6-4-5-7-12(11)8-10(12)9-13-3/h10,13H,4-9H2,1-3H3. The van der Waals surface area contributed by atoms with Crippen molar-refractivity contribution in [3.05, 3.63) is 0 Å². The molecule has 0 bridgehead atoms. The first-order chi connectivity index (χ1) is 6.12. The van der Waals surface area contributed by atoms with Crippen LogP contribution in [0.3, 0.4) is 0 Å². The van der Waals surface area contributed by atoms with E-state index in [9.17, 15) is 0 Å². The van der Waals surface area contributed by atoms with Crippen LogP contribution in [0.2, 0.25) is 0 Å². The topological polar surface area (TPSA) is 12.0 Å². The molecule has 0 aromatic rings. The van der Waals surface area contributed by atoms with E-state index >= 15 is 0 Å². The van der Waals surface area contributed by atoms with Crippen molar-refractivity contribution in [2.45, 2.75) is 46.0 Å². The zero-order chi connectivity index (χ0) is 9.53. The molecule has 0 aliphatic heterocycles. The smallest absolute Gasteiger partial charge is 0.00178 e. The Morgan fingerprint density at radius 2 is 1.92 bits per heavy atom. The van der Waals surface area contributed by atoms with Crippen molar-refractivity contribution in [2.24, 2.45) is 16.7 Å². The highest BCUT2D eigenvalue weighted by molar-refractivity contribution is 5.11. The van der Waals surface area contributed by atoms with Crippen LogP contribution < -0.4 is 5.32 Å². The molecule has 0 radical (unpaired) electrons. The van der Waals surface area contributed by atoms with Gasteiger partial charge in [-0.25, -0.2) is 0 Å². The Morgan fingerprint density at radius 3 is 2.54 bits per heavy atom. The summed E-state index contributed by atoms with van der Waals surface area (Å²) in [5.41, 5.74) is 1.35. The van der Waals surface area contributed by atoms with Gasteiger partial charge in [-0.1, -0.05) is 26.7 Å². The molecule has 2 fully saturated rings. The minimum absolute atomic E-state index is 0.618. The average molecular weight is 181 g/mol. The van der Waals surface area contributed by atoms with E-state index < -0.39 is 0 Å². The Kier molecular flexibility index (Phi) is 2.18. The van der Waals surface area contributed by atoms with Crippen LogP contribution in [0.1, 0.15) is 46.0 Å². The van der Waals surface area contributed by atoms with E-state index in [0.29, 0.717) is 5.41 Å². The highest BCUT2D eigenvalue weighted by atomic mass is 14.9. The number of hydrogen-bond donors (Lipinski definition) is 1. The molecular formula is C12H23N. The maximum atomic E-state index is 3.34. The summed E-state index contributed by atoms with van der Waals surface area (Å²) in [5, 5.41) is 3.34. The molecule has 13 heavy (non-hydrogen) atoms. The first-order valence-corrected chi connectivity index (χ1v) is 5.77. The molecule has 2 aliphatic carbocycles. The fourth-order valence-corrected chi connectivity index (χ4v) is 3.62. The zero-order valence-corrected chi connectivity index (χ0v) is 9.32. The Balaban J connectivity index is 2.05. The Hall–Kier alpha value is -0.0400. The third-order valence-electron chi connectivity index (χ3n) is 4.71. The SMILES string of the molecule is CNCC1CC12CCCCC2(C)C. The Labute approximate surface area is 82.3 Å². The lowest BCUT2D eigenvalue weighted by molar-refractivity contribution is 0.0984. The highest BCUT2D eigenvalue weighted by Gasteiger charge is 2.61. The largest absolute Gasteiger partial charge is 0.319 e. The van der Waals surface area contributed by atoms with Crippen LogP contribution in [0.25, 0.3) is 0 Å². The van der Waals surface area contributed by atoms with E-state index in [4.69, 9.17) is 0 Å².